The highest BCUT2D eigenvalue weighted by Gasteiger charge is 2.21. The average Bonchev–Trinajstić information content (AvgIpc) is 2.89. The predicted octanol–water partition coefficient (Wildman–Crippen LogP) is 7.73. The van der Waals surface area contributed by atoms with Crippen molar-refractivity contribution in [1.29, 1.82) is 0 Å². The van der Waals surface area contributed by atoms with Crippen molar-refractivity contribution in [2.45, 2.75) is 25.2 Å². The van der Waals surface area contributed by atoms with Gasteiger partial charge in [0.1, 0.15) is 22.0 Å². The van der Waals surface area contributed by atoms with Gasteiger partial charge >= 0.3 is 0 Å². The number of benzene rings is 4. The van der Waals surface area contributed by atoms with Crippen LogP contribution in [0.1, 0.15) is 29.8 Å². The number of hydrogen-bond donors (Lipinski definition) is 3. The SMILES string of the molecule is CCOc1ccc(Cl)c(NC(=O)c2cc3ccccc3c(N=Nc3cc(Cl)c(CC)cc3S(=O)(=O)O)c2O)c1. The maximum Gasteiger partial charge on any atom is 0.296 e. The van der Waals surface area contributed by atoms with Crippen LogP contribution in [0.25, 0.3) is 10.8 Å². The smallest absolute Gasteiger partial charge is 0.296 e. The predicted molar refractivity (Wildman–Crippen MR) is 151 cm³/mol. The molecule has 3 N–H and O–H groups in total. The number of aromatic hydroxyl groups is 1. The highest BCUT2D eigenvalue weighted by Crippen LogP contribution is 2.41. The first-order valence-electron chi connectivity index (χ1n) is 11.7. The summed E-state index contributed by atoms with van der Waals surface area (Å²) >= 11 is 12.5. The molecule has 0 unspecified atom stereocenters. The molecule has 4 aromatic rings. The summed E-state index contributed by atoms with van der Waals surface area (Å²) in [6, 6.07) is 15.6. The Labute approximate surface area is 234 Å². The number of phenolic OH excluding ortho intramolecular Hbond substituents is 1. The molecule has 202 valence electrons. The van der Waals surface area contributed by atoms with Crippen molar-refractivity contribution in [3.05, 3.63) is 81.8 Å². The van der Waals surface area contributed by atoms with Gasteiger partial charge in [-0.15, -0.1) is 10.2 Å². The molecule has 39 heavy (non-hydrogen) atoms. The lowest BCUT2D eigenvalue weighted by atomic mass is 10.0. The Morgan fingerprint density at radius 3 is 2.44 bits per heavy atom. The van der Waals surface area contributed by atoms with E-state index in [2.05, 4.69) is 15.5 Å². The van der Waals surface area contributed by atoms with Gasteiger partial charge in [-0.1, -0.05) is 54.4 Å². The molecule has 0 radical (unpaired) electrons. The molecule has 0 aliphatic heterocycles. The van der Waals surface area contributed by atoms with Crippen LogP contribution in [0.3, 0.4) is 0 Å². The van der Waals surface area contributed by atoms with Crippen LogP contribution >= 0.6 is 23.2 Å². The molecule has 4 aromatic carbocycles. The maximum atomic E-state index is 13.3. The lowest BCUT2D eigenvalue weighted by Crippen LogP contribution is -2.12. The molecule has 0 saturated carbocycles. The van der Waals surface area contributed by atoms with Crippen LogP contribution in [0.5, 0.6) is 11.5 Å². The number of hydrogen-bond acceptors (Lipinski definition) is 7. The van der Waals surface area contributed by atoms with Crippen molar-refractivity contribution >= 4 is 67.1 Å². The minimum atomic E-state index is -4.67. The van der Waals surface area contributed by atoms with Crippen molar-refractivity contribution < 1.29 is 27.6 Å². The van der Waals surface area contributed by atoms with Gasteiger partial charge in [0.05, 0.1) is 22.9 Å². The Balaban J connectivity index is 1.82. The molecule has 1 amide bonds. The van der Waals surface area contributed by atoms with Gasteiger partial charge in [0, 0.05) is 16.5 Å². The quantitative estimate of drug-likeness (QED) is 0.142. The molecule has 9 nitrogen and oxygen atoms in total. The lowest BCUT2D eigenvalue weighted by Gasteiger charge is -2.13. The molecular formula is C27H23Cl2N3O6S. The van der Waals surface area contributed by atoms with E-state index in [9.17, 15) is 22.9 Å². The number of carbonyl (C=O) groups excluding carboxylic acids is 1. The first-order chi connectivity index (χ1) is 18.5. The van der Waals surface area contributed by atoms with Crippen LogP contribution in [0.15, 0.2) is 75.8 Å². The average molecular weight is 588 g/mol. The Hall–Kier alpha value is -3.70. The van der Waals surface area contributed by atoms with Crippen LogP contribution in [0.4, 0.5) is 17.1 Å². The number of rotatable bonds is 8. The number of carbonyl (C=O) groups is 1. The van der Waals surface area contributed by atoms with Crippen LogP contribution in [0.2, 0.25) is 10.0 Å². The van der Waals surface area contributed by atoms with E-state index in [4.69, 9.17) is 27.9 Å². The number of halogens is 2. The summed E-state index contributed by atoms with van der Waals surface area (Å²) in [4.78, 5) is 12.8. The molecule has 0 bridgehead atoms. The second-order valence-corrected chi connectivity index (χ2v) is 10.5. The first-order valence-corrected chi connectivity index (χ1v) is 13.9. The second-order valence-electron chi connectivity index (χ2n) is 8.31. The minimum absolute atomic E-state index is 0.0932. The molecule has 12 heteroatoms. The van der Waals surface area contributed by atoms with Gasteiger partial charge in [0.2, 0.25) is 0 Å². The fourth-order valence-corrected chi connectivity index (χ4v) is 4.99. The third-order valence-corrected chi connectivity index (χ3v) is 7.35. The highest BCUT2D eigenvalue weighted by atomic mass is 35.5. The Bertz CT molecular complexity index is 1720. The topological polar surface area (TPSA) is 138 Å². The molecule has 0 spiro atoms. The van der Waals surface area contributed by atoms with E-state index in [0.29, 0.717) is 35.1 Å². The standard InChI is InChI=1S/C27H23Cl2N3O6S/c1-3-15-12-24(39(35,36)37)23(14-21(15)29)31-32-25-18-8-6-5-7-16(18)11-19(26(25)33)27(34)30-22-13-17(38-4-2)9-10-20(22)28/h5-14,33H,3-4H2,1-2H3,(H,30,34)(H,35,36,37). The van der Waals surface area contributed by atoms with E-state index >= 15 is 0 Å². The normalized spacial score (nSPS) is 11.7. The number of azo groups is 1. The summed E-state index contributed by atoms with van der Waals surface area (Å²) in [6.07, 6.45) is 0.416. The van der Waals surface area contributed by atoms with Crippen molar-refractivity contribution in [1.82, 2.24) is 0 Å². The van der Waals surface area contributed by atoms with Crippen molar-refractivity contribution in [3.63, 3.8) is 0 Å². The summed E-state index contributed by atoms with van der Waals surface area (Å²) < 4.78 is 39.2. The molecule has 0 aromatic heterocycles. The van der Waals surface area contributed by atoms with Crippen molar-refractivity contribution in [2.75, 3.05) is 11.9 Å². The van der Waals surface area contributed by atoms with Gasteiger partial charge in [-0.25, -0.2) is 0 Å². The van der Waals surface area contributed by atoms with Crippen LogP contribution in [-0.2, 0) is 16.5 Å². The third kappa shape index (κ3) is 6.15. The first kappa shape index (κ1) is 28.3. The van der Waals surface area contributed by atoms with Gasteiger partial charge in [-0.3, -0.25) is 9.35 Å². The van der Waals surface area contributed by atoms with Gasteiger partial charge in [-0.05, 0) is 54.6 Å². The zero-order valence-electron chi connectivity index (χ0n) is 20.8. The highest BCUT2D eigenvalue weighted by molar-refractivity contribution is 7.86. The molecule has 0 aliphatic carbocycles. The molecule has 0 heterocycles. The molecule has 0 aliphatic rings. The third-order valence-electron chi connectivity index (χ3n) is 5.78. The number of anilines is 1. The van der Waals surface area contributed by atoms with Crippen molar-refractivity contribution in [2.24, 2.45) is 10.2 Å². The number of nitrogens with zero attached hydrogens (tertiary/aromatic N) is 2. The van der Waals surface area contributed by atoms with Crippen LogP contribution in [-0.4, -0.2) is 30.6 Å². The number of fused-ring (bicyclic) bond motifs is 1. The summed E-state index contributed by atoms with van der Waals surface area (Å²) in [5.74, 6) is -0.687. The van der Waals surface area contributed by atoms with Gasteiger partial charge in [-0.2, -0.15) is 8.42 Å². The maximum absolute atomic E-state index is 13.3. The summed E-state index contributed by atoms with van der Waals surface area (Å²) in [5.41, 5.74) is 0.297. The number of nitrogens with one attached hydrogen (secondary N) is 1. The largest absolute Gasteiger partial charge is 0.505 e. The van der Waals surface area contributed by atoms with Gasteiger partial charge < -0.3 is 15.2 Å². The lowest BCUT2D eigenvalue weighted by molar-refractivity contribution is 0.102. The van der Waals surface area contributed by atoms with E-state index in [1.165, 1.54) is 18.2 Å². The van der Waals surface area contributed by atoms with E-state index < -0.39 is 26.7 Å². The summed E-state index contributed by atoms with van der Waals surface area (Å²) in [7, 11) is -4.67. The fraction of sp³-hybridized carbons (Fsp3) is 0.148. The minimum Gasteiger partial charge on any atom is -0.505 e. The summed E-state index contributed by atoms with van der Waals surface area (Å²) in [5, 5.41) is 23.4. The molecule has 0 saturated heterocycles. The van der Waals surface area contributed by atoms with Crippen LogP contribution in [0, 0.1) is 0 Å². The van der Waals surface area contributed by atoms with Gasteiger partial charge in [0.15, 0.2) is 5.75 Å². The molecular weight excluding hydrogens is 565 g/mol. The fourth-order valence-electron chi connectivity index (χ4n) is 3.88. The van der Waals surface area contributed by atoms with Crippen molar-refractivity contribution in [3.8, 4) is 11.5 Å². The van der Waals surface area contributed by atoms with E-state index in [0.717, 1.165) is 0 Å². The number of phenols is 1. The molecule has 4 rings (SSSR count). The zero-order valence-corrected chi connectivity index (χ0v) is 23.1. The second kappa shape index (κ2) is 11.6. The number of ether oxygens (including phenoxy) is 1. The zero-order chi connectivity index (χ0) is 28.3. The van der Waals surface area contributed by atoms with E-state index in [1.54, 1.807) is 49.4 Å². The number of aryl methyl sites for hydroxylation is 1. The number of amides is 1. The molecule has 0 atom stereocenters. The summed E-state index contributed by atoms with van der Waals surface area (Å²) in [6.45, 7) is 4.01. The Morgan fingerprint density at radius 1 is 1.00 bits per heavy atom. The van der Waals surface area contributed by atoms with Crippen LogP contribution < -0.4 is 10.1 Å². The van der Waals surface area contributed by atoms with E-state index in [-0.39, 0.29) is 32.7 Å². The Morgan fingerprint density at radius 2 is 1.74 bits per heavy atom. The Kier molecular flexibility index (Phi) is 8.41. The monoisotopic (exact) mass is 587 g/mol. The van der Waals surface area contributed by atoms with E-state index in [1.807, 2.05) is 6.92 Å². The molecule has 0 fully saturated rings. The van der Waals surface area contributed by atoms with Gasteiger partial charge in [0.25, 0.3) is 16.0 Å².